The number of nitrogens with zero attached hydrogens (tertiary/aromatic N) is 1. The minimum absolute atomic E-state index is 0.152. The number of aliphatic hydroxyl groups is 1. The number of hydrogen-bond acceptors (Lipinski definition) is 3. The number of anilines is 2. The maximum Gasteiger partial charge on any atom is 0.0656 e. The molecule has 1 aliphatic rings. The molecular weight excluding hydrogens is 224 g/mol. The first-order chi connectivity index (χ1) is 7.58. The summed E-state index contributed by atoms with van der Waals surface area (Å²) >= 11 is 6.03. The standard InChI is InChI=1S/C12H17ClN2O/c1-8-6-11(14)10(13)7-12(8)15-4-2-9(16)3-5-15/h6-7,9,16H,2-5,14H2,1H3. The SMILES string of the molecule is Cc1cc(N)c(Cl)cc1N1CCC(O)CC1. The number of hydrogen-bond donors (Lipinski definition) is 2. The van der Waals surface area contributed by atoms with Gasteiger partial charge in [-0.25, -0.2) is 0 Å². The molecule has 0 saturated carbocycles. The Bertz CT molecular complexity index is 387. The fraction of sp³-hybridized carbons (Fsp3) is 0.500. The molecule has 1 heterocycles. The first kappa shape index (κ1) is 11.6. The molecule has 0 aromatic heterocycles. The van der Waals surface area contributed by atoms with Crippen molar-refractivity contribution < 1.29 is 5.11 Å². The lowest BCUT2D eigenvalue weighted by atomic mass is 10.1. The highest BCUT2D eigenvalue weighted by Crippen LogP contribution is 2.30. The van der Waals surface area contributed by atoms with Gasteiger partial charge in [0.15, 0.2) is 0 Å². The van der Waals surface area contributed by atoms with Crippen LogP contribution in [0.5, 0.6) is 0 Å². The van der Waals surface area contributed by atoms with Crippen molar-refractivity contribution >= 4 is 23.0 Å². The van der Waals surface area contributed by atoms with Crippen LogP contribution in [-0.4, -0.2) is 24.3 Å². The minimum atomic E-state index is -0.152. The van der Waals surface area contributed by atoms with Crippen molar-refractivity contribution in [2.24, 2.45) is 0 Å². The maximum atomic E-state index is 9.47. The van der Waals surface area contributed by atoms with Crippen LogP contribution in [0.2, 0.25) is 5.02 Å². The molecular formula is C12H17ClN2O. The van der Waals surface area contributed by atoms with Gasteiger partial charge in [-0.3, -0.25) is 0 Å². The fourth-order valence-electron chi connectivity index (χ4n) is 2.14. The zero-order valence-corrected chi connectivity index (χ0v) is 10.2. The van der Waals surface area contributed by atoms with Gasteiger partial charge in [0.2, 0.25) is 0 Å². The third kappa shape index (κ3) is 2.25. The van der Waals surface area contributed by atoms with E-state index < -0.39 is 0 Å². The molecule has 1 aliphatic heterocycles. The Morgan fingerprint density at radius 1 is 1.38 bits per heavy atom. The maximum absolute atomic E-state index is 9.47. The normalized spacial score (nSPS) is 17.8. The highest BCUT2D eigenvalue weighted by Gasteiger charge is 2.19. The van der Waals surface area contributed by atoms with Gasteiger partial charge >= 0.3 is 0 Å². The van der Waals surface area contributed by atoms with Crippen molar-refractivity contribution in [2.45, 2.75) is 25.9 Å². The summed E-state index contributed by atoms with van der Waals surface area (Å²) in [5.41, 5.74) is 8.64. The summed E-state index contributed by atoms with van der Waals surface area (Å²) in [5.74, 6) is 0. The van der Waals surface area contributed by atoms with Crippen molar-refractivity contribution in [3.63, 3.8) is 0 Å². The Kier molecular flexibility index (Phi) is 3.26. The van der Waals surface area contributed by atoms with Crippen molar-refractivity contribution in [1.82, 2.24) is 0 Å². The second kappa shape index (κ2) is 4.52. The van der Waals surface area contributed by atoms with E-state index in [1.54, 1.807) is 0 Å². The molecule has 0 aliphatic carbocycles. The molecule has 1 aromatic rings. The van der Waals surface area contributed by atoms with E-state index in [2.05, 4.69) is 4.90 Å². The smallest absolute Gasteiger partial charge is 0.0656 e. The summed E-state index contributed by atoms with van der Waals surface area (Å²) in [4.78, 5) is 2.26. The molecule has 2 rings (SSSR count). The van der Waals surface area contributed by atoms with Gasteiger partial charge in [-0.05, 0) is 37.5 Å². The molecule has 0 bridgehead atoms. The topological polar surface area (TPSA) is 49.5 Å². The Morgan fingerprint density at radius 3 is 2.62 bits per heavy atom. The number of aryl methyl sites for hydroxylation is 1. The highest BCUT2D eigenvalue weighted by molar-refractivity contribution is 6.33. The molecule has 3 N–H and O–H groups in total. The van der Waals surface area contributed by atoms with E-state index in [9.17, 15) is 5.11 Å². The highest BCUT2D eigenvalue weighted by atomic mass is 35.5. The second-order valence-electron chi connectivity index (χ2n) is 4.38. The lowest BCUT2D eigenvalue weighted by molar-refractivity contribution is 0.145. The van der Waals surface area contributed by atoms with E-state index in [4.69, 9.17) is 17.3 Å². The van der Waals surface area contributed by atoms with Crippen LogP contribution in [0, 0.1) is 6.92 Å². The van der Waals surface area contributed by atoms with Crippen LogP contribution in [0.3, 0.4) is 0 Å². The number of rotatable bonds is 1. The number of benzene rings is 1. The average Bonchev–Trinajstić information content (AvgIpc) is 2.25. The van der Waals surface area contributed by atoms with Gasteiger partial charge in [0, 0.05) is 18.8 Å². The van der Waals surface area contributed by atoms with Crippen LogP contribution in [0.4, 0.5) is 11.4 Å². The molecule has 0 spiro atoms. The van der Waals surface area contributed by atoms with Crippen molar-refractivity contribution in [1.29, 1.82) is 0 Å². The molecule has 0 unspecified atom stereocenters. The number of piperidine rings is 1. The van der Waals surface area contributed by atoms with Gasteiger partial charge in [-0.1, -0.05) is 11.6 Å². The van der Waals surface area contributed by atoms with Gasteiger partial charge in [-0.15, -0.1) is 0 Å². The third-order valence-electron chi connectivity index (χ3n) is 3.12. The predicted molar refractivity (Wildman–Crippen MR) is 68.1 cm³/mol. The summed E-state index contributed by atoms with van der Waals surface area (Å²) in [5, 5.41) is 10.1. The number of nitrogens with two attached hydrogens (primary N) is 1. The molecule has 0 radical (unpaired) electrons. The molecule has 1 aromatic carbocycles. The van der Waals surface area contributed by atoms with Crippen LogP contribution in [-0.2, 0) is 0 Å². The number of nitrogen functional groups attached to an aromatic ring is 1. The number of halogens is 1. The third-order valence-corrected chi connectivity index (χ3v) is 3.45. The van der Waals surface area contributed by atoms with E-state index in [0.29, 0.717) is 10.7 Å². The van der Waals surface area contributed by atoms with Crippen LogP contribution < -0.4 is 10.6 Å². The minimum Gasteiger partial charge on any atom is -0.398 e. The Morgan fingerprint density at radius 2 is 2.00 bits per heavy atom. The Hall–Kier alpha value is -0.930. The summed E-state index contributed by atoms with van der Waals surface area (Å²) < 4.78 is 0. The van der Waals surface area contributed by atoms with Crippen molar-refractivity contribution in [3.05, 3.63) is 22.7 Å². The molecule has 1 fully saturated rings. The van der Waals surface area contributed by atoms with Gasteiger partial charge in [0.05, 0.1) is 16.8 Å². The fourth-order valence-corrected chi connectivity index (χ4v) is 2.30. The molecule has 0 amide bonds. The van der Waals surface area contributed by atoms with Crippen LogP contribution >= 0.6 is 11.6 Å². The van der Waals surface area contributed by atoms with E-state index in [-0.39, 0.29) is 6.10 Å². The molecule has 0 atom stereocenters. The monoisotopic (exact) mass is 240 g/mol. The second-order valence-corrected chi connectivity index (χ2v) is 4.79. The lowest BCUT2D eigenvalue weighted by Gasteiger charge is -2.32. The summed E-state index contributed by atoms with van der Waals surface area (Å²) in [6.45, 7) is 3.79. The summed E-state index contributed by atoms with van der Waals surface area (Å²) in [7, 11) is 0. The van der Waals surface area contributed by atoms with E-state index in [0.717, 1.165) is 37.2 Å². The summed E-state index contributed by atoms with van der Waals surface area (Å²) in [6.07, 6.45) is 1.49. The van der Waals surface area contributed by atoms with Crippen molar-refractivity contribution in [3.8, 4) is 0 Å². The van der Waals surface area contributed by atoms with Gasteiger partial charge in [-0.2, -0.15) is 0 Å². The predicted octanol–water partition coefficient (Wildman–Crippen LogP) is 2.19. The molecule has 4 heteroatoms. The zero-order valence-electron chi connectivity index (χ0n) is 9.41. The van der Waals surface area contributed by atoms with Gasteiger partial charge in [0.25, 0.3) is 0 Å². The molecule has 1 saturated heterocycles. The van der Waals surface area contributed by atoms with E-state index in [1.165, 1.54) is 0 Å². The first-order valence-corrected chi connectivity index (χ1v) is 5.94. The number of aliphatic hydroxyl groups excluding tert-OH is 1. The largest absolute Gasteiger partial charge is 0.398 e. The lowest BCUT2D eigenvalue weighted by Crippen LogP contribution is -2.36. The van der Waals surface area contributed by atoms with E-state index >= 15 is 0 Å². The molecule has 88 valence electrons. The zero-order chi connectivity index (χ0) is 11.7. The Labute approximate surface area is 101 Å². The van der Waals surface area contributed by atoms with E-state index in [1.807, 2.05) is 19.1 Å². The average molecular weight is 241 g/mol. The summed E-state index contributed by atoms with van der Waals surface area (Å²) in [6, 6.07) is 3.83. The van der Waals surface area contributed by atoms with Gasteiger partial charge < -0.3 is 15.7 Å². The molecule has 3 nitrogen and oxygen atoms in total. The first-order valence-electron chi connectivity index (χ1n) is 5.56. The van der Waals surface area contributed by atoms with Crippen LogP contribution in [0.1, 0.15) is 18.4 Å². The van der Waals surface area contributed by atoms with Crippen LogP contribution in [0.15, 0.2) is 12.1 Å². The van der Waals surface area contributed by atoms with Crippen LogP contribution in [0.25, 0.3) is 0 Å². The Balaban J connectivity index is 2.23. The van der Waals surface area contributed by atoms with Crippen molar-refractivity contribution in [2.75, 3.05) is 23.7 Å². The molecule has 16 heavy (non-hydrogen) atoms. The van der Waals surface area contributed by atoms with Gasteiger partial charge in [0.1, 0.15) is 0 Å². The quantitative estimate of drug-likeness (QED) is 0.740.